The Bertz CT molecular complexity index is 1150. The lowest BCUT2D eigenvalue weighted by Crippen LogP contribution is -2.24. The van der Waals surface area contributed by atoms with Crippen molar-refractivity contribution in [2.24, 2.45) is 4.99 Å². The van der Waals surface area contributed by atoms with Crippen LogP contribution in [0.1, 0.15) is 5.56 Å². The summed E-state index contributed by atoms with van der Waals surface area (Å²) < 4.78 is 8.56. The molecular weight excluding hydrogens is 330 g/mol. The highest BCUT2D eigenvalue weighted by molar-refractivity contribution is 7.26. The van der Waals surface area contributed by atoms with Gasteiger partial charge in [0.15, 0.2) is 0 Å². The first-order valence-corrected chi connectivity index (χ1v) is 9.21. The van der Waals surface area contributed by atoms with Gasteiger partial charge in [-0.2, -0.15) is 0 Å². The van der Waals surface area contributed by atoms with Crippen LogP contribution >= 0.6 is 11.3 Å². The summed E-state index contributed by atoms with van der Waals surface area (Å²) in [6.45, 7) is 4.45. The number of pyridine rings is 1. The average molecular weight is 347 g/mol. The van der Waals surface area contributed by atoms with Gasteiger partial charge in [0.05, 0.1) is 6.54 Å². The third-order valence-electron chi connectivity index (χ3n) is 4.71. The zero-order chi connectivity index (χ0) is 16.8. The van der Waals surface area contributed by atoms with E-state index in [1.54, 1.807) is 0 Å². The fourth-order valence-corrected chi connectivity index (χ4v) is 4.62. The lowest BCUT2D eigenvalue weighted by atomic mass is 10.0. The van der Waals surface area contributed by atoms with E-state index in [0.717, 1.165) is 24.7 Å². The Morgan fingerprint density at radius 2 is 2.12 bits per heavy atom. The fourth-order valence-electron chi connectivity index (χ4n) is 3.44. The topological polar surface area (TPSA) is 46.5 Å². The predicted octanol–water partition coefficient (Wildman–Crippen LogP) is 4.29. The first-order valence-electron chi connectivity index (χ1n) is 8.39. The van der Waals surface area contributed by atoms with Crippen molar-refractivity contribution in [3.05, 3.63) is 48.3 Å². The Balaban J connectivity index is 1.63. The number of nitrogens with one attached hydrogen (secondary N) is 1. The molecule has 2 aromatic carbocycles. The van der Waals surface area contributed by atoms with E-state index >= 15 is 0 Å². The van der Waals surface area contributed by atoms with Gasteiger partial charge in [-0.1, -0.05) is 0 Å². The molecule has 0 aliphatic carbocycles. The van der Waals surface area contributed by atoms with Crippen LogP contribution in [0.3, 0.4) is 0 Å². The standard InChI is InChI=1S/C20H17N3OS/c1-12-15-4-5-21-10-13(15)8-17-16-9-14(2-3-18(16)25-20(12)17)24-11-19-22-6-7-23-19/h2-5,8-10H,6-7,11H2,1H3,(H,22,23). The number of fused-ring (bicyclic) bond motifs is 4. The van der Waals surface area contributed by atoms with E-state index in [1.165, 1.54) is 36.5 Å². The number of ether oxygens (including phenoxy) is 1. The van der Waals surface area contributed by atoms with Gasteiger partial charge < -0.3 is 10.1 Å². The second kappa shape index (κ2) is 5.70. The second-order valence-electron chi connectivity index (χ2n) is 6.28. The highest BCUT2D eigenvalue weighted by Gasteiger charge is 2.12. The summed E-state index contributed by atoms with van der Waals surface area (Å²) in [6, 6.07) is 10.7. The van der Waals surface area contributed by atoms with Gasteiger partial charge in [0.2, 0.25) is 0 Å². The molecular formula is C20H17N3OS. The van der Waals surface area contributed by atoms with Crippen LogP contribution in [0, 0.1) is 6.92 Å². The summed E-state index contributed by atoms with van der Waals surface area (Å²) in [4.78, 5) is 8.65. The molecule has 4 nitrogen and oxygen atoms in total. The van der Waals surface area contributed by atoms with Crippen molar-refractivity contribution in [2.45, 2.75) is 6.92 Å². The summed E-state index contributed by atoms with van der Waals surface area (Å²) in [6.07, 6.45) is 3.80. The van der Waals surface area contributed by atoms with Gasteiger partial charge in [-0.25, -0.2) is 0 Å². The minimum atomic E-state index is 0.499. The molecule has 0 saturated carbocycles. The maximum atomic E-state index is 5.93. The van der Waals surface area contributed by atoms with Gasteiger partial charge in [0.25, 0.3) is 0 Å². The van der Waals surface area contributed by atoms with Crippen molar-refractivity contribution >= 4 is 48.1 Å². The Morgan fingerprint density at radius 3 is 3.00 bits per heavy atom. The molecule has 124 valence electrons. The van der Waals surface area contributed by atoms with E-state index in [0.29, 0.717) is 6.61 Å². The molecule has 1 N–H and O–H groups in total. The molecule has 0 fully saturated rings. The SMILES string of the molecule is Cc1c2ccncc2cc2c1sc1ccc(OCC3=NCCN3)cc12. The molecule has 0 amide bonds. The van der Waals surface area contributed by atoms with Crippen LogP contribution < -0.4 is 10.1 Å². The molecule has 0 bridgehead atoms. The Morgan fingerprint density at radius 1 is 1.16 bits per heavy atom. The number of benzene rings is 2. The predicted molar refractivity (Wildman–Crippen MR) is 105 cm³/mol. The van der Waals surface area contributed by atoms with Crippen LogP contribution in [-0.2, 0) is 0 Å². The number of amidine groups is 1. The van der Waals surface area contributed by atoms with Gasteiger partial charge in [-0.15, -0.1) is 11.3 Å². The van der Waals surface area contributed by atoms with Crippen LogP contribution in [0.4, 0.5) is 0 Å². The van der Waals surface area contributed by atoms with Crippen molar-refractivity contribution in [3.63, 3.8) is 0 Å². The fraction of sp³-hybridized carbons (Fsp3) is 0.200. The summed E-state index contributed by atoms with van der Waals surface area (Å²) >= 11 is 1.84. The molecule has 0 radical (unpaired) electrons. The lowest BCUT2D eigenvalue weighted by molar-refractivity contribution is 0.374. The summed E-state index contributed by atoms with van der Waals surface area (Å²) in [7, 11) is 0. The molecule has 5 rings (SSSR count). The van der Waals surface area contributed by atoms with Crippen molar-refractivity contribution in [2.75, 3.05) is 19.7 Å². The van der Waals surface area contributed by atoms with E-state index in [9.17, 15) is 0 Å². The zero-order valence-corrected chi connectivity index (χ0v) is 14.7. The summed E-state index contributed by atoms with van der Waals surface area (Å²) in [5, 5.41) is 8.21. The first-order chi connectivity index (χ1) is 12.3. The monoisotopic (exact) mass is 347 g/mol. The molecule has 0 saturated heterocycles. The number of aryl methyl sites for hydroxylation is 1. The van der Waals surface area contributed by atoms with E-state index in [2.05, 4.69) is 46.5 Å². The molecule has 4 aromatic rings. The number of rotatable bonds is 3. The molecule has 25 heavy (non-hydrogen) atoms. The van der Waals surface area contributed by atoms with Gasteiger partial charge in [-0.3, -0.25) is 9.98 Å². The molecule has 1 aliphatic heterocycles. The van der Waals surface area contributed by atoms with E-state index < -0.39 is 0 Å². The third kappa shape index (κ3) is 2.43. The first kappa shape index (κ1) is 14.7. The lowest BCUT2D eigenvalue weighted by Gasteiger charge is -2.07. The van der Waals surface area contributed by atoms with Gasteiger partial charge in [-0.05, 0) is 48.2 Å². The second-order valence-corrected chi connectivity index (χ2v) is 7.33. The van der Waals surface area contributed by atoms with Gasteiger partial charge in [0.1, 0.15) is 18.2 Å². The average Bonchev–Trinajstić information content (AvgIpc) is 3.28. The number of hydrogen-bond donors (Lipinski definition) is 1. The maximum Gasteiger partial charge on any atom is 0.145 e. The quantitative estimate of drug-likeness (QED) is 0.601. The third-order valence-corrected chi connectivity index (χ3v) is 6.02. The van der Waals surface area contributed by atoms with Crippen LogP contribution in [0.25, 0.3) is 30.9 Å². The molecule has 3 heterocycles. The number of thiophene rings is 1. The maximum absolute atomic E-state index is 5.93. The molecule has 2 aromatic heterocycles. The minimum absolute atomic E-state index is 0.499. The van der Waals surface area contributed by atoms with E-state index in [-0.39, 0.29) is 0 Å². The smallest absolute Gasteiger partial charge is 0.145 e. The Kier molecular flexibility index (Phi) is 3.35. The van der Waals surface area contributed by atoms with E-state index in [1.807, 2.05) is 29.8 Å². The number of hydrogen-bond acceptors (Lipinski definition) is 5. The Hall–Kier alpha value is -2.66. The molecule has 0 spiro atoms. The largest absolute Gasteiger partial charge is 0.486 e. The minimum Gasteiger partial charge on any atom is -0.486 e. The van der Waals surface area contributed by atoms with Crippen molar-refractivity contribution in [1.29, 1.82) is 0 Å². The number of aromatic nitrogens is 1. The highest BCUT2D eigenvalue weighted by Crippen LogP contribution is 2.40. The highest BCUT2D eigenvalue weighted by atomic mass is 32.1. The van der Waals surface area contributed by atoms with Crippen LogP contribution in [-0.4, -0.2) is 30.5 Å². The van der Waals surface area contributed by atoms with Gasteiger partial charge in [0, 0.05) is 44.5 Å². The normalized spacial score (nSPS) is 14.2. The molecule has 5 heteroatoms. The summed E-state index contributed by atoms with van der Waals surface area (Å²) in [5.74, 6) is 1.82. The van der Waals surface area contributed by atoms with Crippen LogP contribution in [0.5, 0.6) is 5.75 Å². The van der Waals surface area contributed by atoms with Crippen LogP contribution in [0.15, 0.2) is 47.7 Å². The number of aliphatic imine (C=N–C) groups is 1. The zero-order valence-electron chi connectivity index (χ0n) is 13.9. The van der Waals surface area contributed by atoms with Crippen molar-refractivity contribution in [3.8, 4) is 5.75 Å². The van der Waals surface area contributed by atoms with Crippen LogP contribution in [0.2, 0.25) is 0 Å². The van der Waals surface area contributed by atoms with Gasteiger partial charge >= 0.3 is 0 Å². The molecule has 0 atom stereocenters. The van der Waals surface area contributed by atoms with Crippen molar-refractivity contribution in [1.82, 2.24) is 10.3 Å². The molecule has 1 aliphatic rings. The Labute approximate surface area is 149 Å². The van der Waals surface area contributed by atoms with Crippen molar-refractivity contribution < 1.29 is 4.74 Å². The molecule has 0 unspecified atom stereocenters. The summed E-state index contributed by atoms with van der Waals surface area (Å²) in [5.41, 5.74) is 1.32. The van der Waals surface area contributed by atoms with E-state index in [4.69, 9.17) is 4.74 Å². The number of nitrogens with zero attached hydrogens (tertiary/aromatic N) is 2.